The zero-order valence-corrected chi connectivity index (χ0v) is 13.1. The lowest BCUT2D eigenvalue weighted by Gasteiger charge is -2.28. The third-order valence-corrected chi connectivity index (χ3v) is 4.98. The van der Waals surface area contributed by atoms with Gasteiger partial charge in [0.2, 0.25) is 5.91 Å². The van der Waals surface area contributed by atoms with Crippen molar-refractivity contribution in [3.05, 3.63) is 35.4 Å². The van der Waals surface area contributed by atoms with E-state index in [9.17, 15) is 4.79 Å². The predicted molar refractivity (Wildman–Crippen MR) is 85.2 cm³/mol. The molecule has 2 aliphatic rings. The lowest BCUT2D eigenvalue weighted by Crippen LogP contribution is -2.40. The van der Waals surface area contributed by atoms with E-state index in [1.54, 1.807) is 0 Å². The van der Waals surface area contributed by atoms with Crippen LogP contribution in [-0.4, -0.2) is 42.4 Å². The summed E-state index contributed by atoms with van der Waals surface area (Å²) in [5, 5.41) is 0. The molecule has 1 unspecified atom stereocenters. The molecule has 3 rings (SSSR count). The summed E-state index contributed by atoms with van der Waals surface area (Å²) in [5.41, 5.74) is 2.88. The maximum atomic E-state index is 12.5. The molecule has 3 heteroatoms. The van der Waals surface area contributed by atoms with Crippen LogP contribution in [0.1, 0.15) is 49.3 Å². The average molecular weight is 286 g/mol. The van der Waals surface area contributed by atoms with Crippen molar-refractivity contribution in [1.29, 1.82) is 0 Å². The summed E-state index contributed by atoms with van der Waals surface area (Å²) in [4.78, 5) is 16.8. The number of hydrogen-bond donors (Lipinski definition) is 0. The number of hydrogen-bond acceptors (Lipinski definition) is 2. The van der Waals surface area contributed by atoms with Gasteiger partial charge in [-0.2, -0.15) is 0 Å². The van der Waals surface area contributed by atoms with Crippen molar-refractivity contribution in [1.82, 2.24) is 9.80 Å². The molecular weight excluding hydrogens is 260 g/mol. The van der Waals surface area contributed by atoms with Gasteiger partial charge in [0.15, 0.2) is 0 Å². The van der Waals surface area contributed by atoms with E-state index in [2.05, 4.69) is 41.1 Å². The van der Waals surface area contributed by atoms with Crippen molar-refractivity contribution >= 4 is 5.91 Å². The van der Waals surface area contributed by atoms with Crippen LogP contribution in [0.4, 0.5) is 0 Å². The Kier molecular flexibility index (Phi) is 4.59. The van der Waals surface area contributed by atoms with E-state index in [1.807, 2.05) is 0 Å². The summed E-state index contributed by atoms with van der Waals surface area (Å²) in [7, 11) is 2.10. The molecule has 1 fully saturated rings. The highest BCUT2D eigenvalue weighted by Crippen LogP contribution is 2.34. The van der Waals surface area contributed by atoms with Crippen LogP contribution in [-0.2, 0) is 11.2 Å². The van der Waals surface area contributed by atoms with Gasteiger partial charge in [0.05, 0.1) is 6.54 Å². The second-order valence-electron chi connectivity index (χ2n) is 6.46. The minimum atomic E-state index is 0.309. The topological polar surface area (TPSA) is 23.6 Å². The first kappa shape index (κ1) is 14.6. The van der Waals surface area contributed by atoms with E-state index in [0.717, 1.165) is 25.9 Å². The van der Waals surface area contributed by atoms with Crippen molar-refractivity contribution in [3.8, 4) is 0 Å². The summed E-state index contributed by atoms with van der Waals surface area (Å²) in [6.07, 6.45) is 7.17. The Morgan fingerprint density at radius 2 is 1.90 bits per heavy atom. The Hall–Kier alpha value is -1.35. The summed E-state index contributed by atoms with van der Waals surface area (Å²) in [5.74, 6) is 0.309. The molecule has 0 radical (unpaired) electrons. The third-order valence-electron chi connectivity index (χ3n) is 4.98. The largest absolute Gasteiger partial charge is 0.342 e. The minimum absolute atomic E-state index is 0.309. The highest BCUT2D eigenvalue weighted by Gasteiger charge is 2.27. The van der Waals surface area contributed by atoms with E-state index >= 15 is 0 Å². The fourth-order valence-corrected chi connectivity index (χ4v) is 3.74. The van der Waals surface area contributed by atoms with Gasteiger partial charge >= 0.3 is 0 Å². The van der Waals surface area contributed by atoms with Crippen LogP contribution in [0.25, 0.3) is 0 Å². The lowest BCUT2D eigenvalue weighted by atomic mass is 10.1. The first-order chi connectivity index (χ1) is 10.3. The maximum absolute atomic E-state index is 12.5. The van der Waals surface area contributed by atoms with Gasteiger partial charge < -0.3 is 4.90 Å². The van der Waals surface area contributed by atoms with Crippen LogP contribution in [0.5, 0.6) is 0 Å². The molecule has 1 aromatic rings. The van der Waals surface area contributed by atoms with Gasteiger partial charge in [-0.05, 0) is 43.9 Å². The fraction of sp³-hybridized carbons (Fsp3) is 0.611. The molecule has 1 aliphatic carbocycles. The van der Waals surface area contributed by atoms with Crippen LogP contribution >= 0.6 is 0 Å². The summed E-state index contributed by atoms with van der Waals surface area (Å²) < 4.78 is 0. The number of likely N-dealkylation sites (N-methyl/N-ethyl adjacent to an activating group) is 1. The first-order valence-electron chi connectivity index (χ1n) is 8.31. The number of rotatable bonds is 3. The van der Waals surface area contributed by atoms with Crippen molar-refractivity contribution in [3.63, 3.8) is 0 Å². The van der Waals surface area contributed by atoms with Crippen molar-refractivity contribution < 1.29 is 4.79 Å². The van der Waals surface area contributed by atoms with E-state index in [-0.39, 0.29) is 0 Å². The Labute approximate surface area is 127 Å². The standard InChI is InChI=1S/C18H26N2O/c1-19(14-18(21)20-12-6-2-3-7-13-20)17-11-10-15-8-4-5-9-16(15)17/h4-5,8-9,17H,2-3,6-7,10-14H2,1H3. The van der Waals surface area contributed by atoms with Crippen LogP contribution in [0.3, 0.4) is 0 Å². The second-order valence-corrected chi connectivity index (χ2v) is 6.46. The van der Waals surface area contributed by atoms with Crippen LogP contribution in [0, 0.1) is 0 Å². The van der Waals surface area contributed by atoms with Gasteiger partial charge in [-0.25, -0.2) is 0 Å². The minimum Gasteiger partial charge on any atom is -0.342 e. The number of carbonyl (C=O) groups is 1. The summed E-state index contributed by atoms with van der Waals surface area (Å²) in [6.45, 7) is 2.46. The predicted octanol–water partition coefficient (Wildman–Crippen LogP) is 3.01. The number of benzene rings is 1. The van der Waals surface area contributed by atoms with Gasteiger partial charge in [-0.1, -0.05) is 37.1 Å². The number of fused-ring (bicyclic) bond motifs is 1. The Balaban J connectivity index is 1.61. The summed E-state index contributed by atoms with van der Waals surface area (Å²) >= 11 is 0. The molecule has 0 bridgehead atoms. The number of aryl methyl sites for hydroxylation is 1. The molecule has 21 heavy (non-hydrogen) atoms. The van der Waals surface area contributed by atoms with Gasteiger partial charge in [0, 0.05) is 19.1 Å². The highest BCUT2D eigenvalue weighted by atomic mass is 16.2. The van der Waals surface area contributed by atoms with Crippen LogP contribution < -0.4 is 0 Å². The van der Waals surface area contributed by atoms with Gasteiger partial charge in [-0.15, -0.1) is 0 Å². The number of likely N-dealkylation sites (tertiary alicyclic amines) is 1. The molecule has 0 aromatic heterocycles. The molecule has 114 valence electrons. The quantitative estimate of drug-likeness (QED) is 0.853. The monoisotopic (exact) mass is 286 g/mol. The maximum Gasteiger partial charge on any atom is 0.236 e. The SMILES string of the molecule is CN(CC(=O)N1CCCCCC1)C1CCc2ccccc21. The zero-order chi connectivity index (χ0) is 14.7. The second kappa shape index (κ2) is 6.61. The van der Waals surface area contributed by atoms with Crippen molar-refractivity contribution in [2.24, 2.45) is 0 Å². The average Bonchev–Trinajstić information content (AvgIpc) is 2.73. The number of amides is 1. The first-order valence-corrected chi connectivity index (χ1v) is 8.31. The molecule has 1 aromatic carbocycles. The van der Waals surface area contributed by atoms with Gasteiger partial charge in [0.25, 0.3) is 0 Å². The molecule has 1 saturated heterocycles. The van der Waals surface area contributed by atoms with Crippen LogP contribution in [0.15, 0.2) is 24.3 Å². The normalized spacial score (nSPS) is 22.2. The molecule has 1 amide bonds. The molecule has 1 atom stereocenters. The van der Waals surface area contributed by atoms with Gasteiger partial charge in [-0.3, -0.25) is 9.69 Å². The summed E-state index contributed by atoms with van der Waals surface area (Å²) in [6, 6.07) is 9.09. The Morgan fingerprint density at radius 1 is 1.19 bits per heavy atom. The fourth-order valence-electron chi connectivity index (χ4n) is 3.74. The molecule has 3 nitrogen and oxygen atoms in total. The highest BCUT2D eigenvalue weighted by molar-refractivity contribution is 5.78. The zero-order valence-electron chi connectivity index (χ0n) is 13.1. The van der Waals surface area contributed by atoms with E-state index in [1.165, 1.54) is 36.8 Å². The molecule has 0 N–H and O–H groups in total. The Bertz CT molecular complexity index is 492. The van der Waals surface area contributed by atoms with E-state index < -0.39 is 0 Å². The van der Waals surface area contributed by atoms with Crippen molar-refractivity contribution in [2.75, 3.05) is 26.7 Å². The third kappa shape index (κ3) is 3.29. The molecule has 1 heterocycles. The van der Waals surface area contributed by atoms with Crippen molar-refractivity contribution in [2.45, 2.75) is 44.6 Å². The molecule has 1 aliphatic heterocycles. The van der Waals surface area contributed by atoms with Gasteiger partial charge in [0.1, 0.15) is 0 Å². The molecule has 0 saturated carbocycles. The number of carbonyl (C=O) groups excluding carboxylic acids is 1. The lowest BCUT2D eigenvalue weighted by molar-refractivity contribution is -0.132. The Morgan fingerprint density at radius 3 is 2.67 bits per heavy atom. The van der Waals surface area contributed by atoms with Crippen LogP contribution in [0.2, 0.25) is 0 Å². The molecule has 0 spiro atoms. The molecular formula is C18H26N2O. The smallest absolute Gasteiger partial charge is 0.236 e. The van der Waals surface area contributed by atoms with E-state index in [0.29, 0.717) is 18.5 Å². The number of nitrogens with zero attached hydrogens (tertiary/aromatic N) is 2. The van der Waals surface area contributed by atoms with E-state index in [4.69, 9.17) is 0 Å².